The number of carbonyl (C=O) groups excluding carboxylic acids is 1. The summed E-state index contributed by atoms with van der Waals surface area (Å²) < 4.78 is 0. The second-order valence-electron chi connectivity index (χ2n) is 3.35. The molecule has 1 saturated heterocycles. The number of hydroxylamine groups is 2. The number of hydrogen-bond donors (Lipinski definition) is 2. The summed E-state index contributed by atoms with van der Waals surface area (Å²) in [6.07, 6.45) is 1.62. The molecular weight excluding hydrogens is 182 g/mol. The second kappa shape index (κ2) is 3.04. The fraction of sp³-hybridized carbons (Fsp3) is 0.333. The zero-order valence-corrected chi connectivity index (χ0v) is 7.77. The molecule has 0 aliphatic carbocycles. The zero-order valence-electron chi connectivity index (χ0n) is 7.77. The Morgan fingerprint density at radius 3 is 2.93 bits per heavy atom. The quantitative estimate of drug-likeness (QED) is 0.620. The normalized spacial score (nSPS) is 27.0. The molecular formula is C9H11N3O2. The monoisotopic (exact) mass is 193 g/mol. The molecule has 0 bridgehead atoms. The summed E-state index contributed by atoms with van der Waals surface area (Å²) in [5, 5.41) is 13.2. The van der Waals surface area contributed by atoms with E-state index in [2.05, 4.69) is 10.3 Å². The molecule has 1 aliphatic heterocycles. The maximum atomic E-state index is 11.1. The van der Waals surface area contributed by atoms with Gasteiger partial charge in [-0.1, -0.05) is 6.07 Å². The molecule has 2 rings (SSSR count). The number of pyridine rings is 1. The van der Waals surface area contributed by atoms with E-state index in [1.807, 2.05) is 6.07 Å². The maximum absolute atomic E-state index is 11.1. The van der Waals surface area contributed by atoms with Crippen molar-refractivity contribution >= 4 is 5.91 Å². The SMILES string of the molecule is CC1(c2ccccn2)NCC(=O)N1O. The largest absolute Gasteiger partial charge is 0.284 e. The van der Waals surface area contributed by atoms with E-state index in [4.69, 9.17) is 0 Å². The van der Waals surface area contributed by atoms with Gasteiger partial charge in [0.1, 0.15) is 0 Å². The summed E-state index contributed by atoms with van der Waals surface area (Å²) in [6.45, 7) is 1.84. The molecule has 1 aliphatic rings. The minimum atomic E-state index is -0.904. The highest BCUT2D eigenvalue weighted by molar-refractivity contribution is 5.80. The first-order chi connectivity index (χ1) is 6.64. The van der Waals surface area contributed by atoms with Gasteiger partial charge in [0, 0.05) is 6.20 Å². The third-order valence-electron chi connectivity index (χ3n) is 2.41. The lowest BCUT2D eigenvalue weighted by Crippen LogP contribution is -2.45. The van der Waals surface area contributed by atoms with Crippen LogP contribution in [-0.2, 0) is 10.5 Å². The molecule has 74 valence electrons. The first kappa shape index (κ1) is 9.11. The standard InChI is InChI=1S/C9H11N3O2/c1-9(7-4-2-3-5-10-7)11-6-8(13)12(9)14/h2-5,11,14H,6H2,1H3. The molecule has 0 saturated carbocycles. The molecule has 2 N–H and O–H groups in total. The number of nitrogens with zero attached hydrogens (tertiary/aromatic N) is 2. The molecule has 1 atom stereocenters. The Labute approximate surface area is 81.3 Å². The highest BCUT2D eigenvalue weighted by Gasteiger charge is 2.43. The smallest absolute Gasteiger partial charge is 0.262 e. The molecule has 5 nitrogen and oxygen atoms in total. The van der Waals surface area contributed by atoms with Crippen molar-refractivity contribution < 1.29 is 10.0 Å². The fourth-order valence-electron chi connectivity index (χ4n) is 1.50. The Morgan fingerprint density at radius 2 is 2.43 bits per heavy atom. The van der Waals surface area contributed by atoms with E-state index in [0.717, 1.165) is 0 Å². The fourth-order valence-corrected chi connectivity index (χ4v) is 1.50. The predicted octanol–water partition coefficient (Wildman–Crippen LogP) is 0.0753. The molecule has 0 radical (unpaired) electrons. The first-order valence-corrected chi connectivity index (χ1v) is 4.33. The van der Waals surface area contributed by atoms with Crippen LogP contribution >= 0.6 is 0 Å². The van der Waals surface area contributed by atoms with Crippen LogP contribution in [-0.4, -0.2) is 27.7 Å². The van der Waals surface area contributed by atoms with Crippen molar-refractivity contribution in [2.45, 2.75) is 12.6 Å². The summed E-state index contributed by atoms with van der Waals surface area (Å²) in [5.41, 5.74) is -0.286. The third-order valence-corrected chi connectivity index (χ3v) is 2.41. The van der Waals surface area contributed by atoms with Gasteiger partial charge in [-0.3, -0.25) is 20.3 Å². The van der Waals surface area contributed by atoms with E-state index < -0.39 is 5.66 Å². The highest BCUT2D eigenvalue weighted by atomic mass is 16.5. The molecule has 1 fully saturated rings. The molecule has 0 spiro atoms. The van der Waals surface area contributed by atoms with Crippen LogP contribution in [0.2, 0.25) is 0 Å². The van der Waals surface area contributed by atoms with E-state index in [9.17, 15) is 10.0 Å². The summed E-state index contributed by atoms with van der Waals surface area (Å²) in [4.78, 5) is 15.2. The van der Waals surface area contributed by atoms with E-state index in [-0.39, 0.29) is 12.5 Å². The number of hydrogen-bond acceptors (Lipinski definition) is 4. The van der Waals surface area contributed by atoms with Crippen molar-refractivity contribution in [2.24, 2.45) is 0 Å². The molecule has 0 aromatic carbocycles. The number of rotatable bonds is 1. The van der Waals surface area contributed by atoms with Crippen molar-refractivity contribution in [3.8, 4) is 0 Å². The Bertz CT molecular complexity index is 354. The molecule has 1 aromatic rings. The highest BCUT2D eigenvalue weighted by Crippen LogP contribution is 2.25. The van der Waals surface area contributed by atoms with Gasteiger partial charge in [0.2, 0.25) is 0 Å². The zero-order chi connectivity index (χ0) is 10.2. The van der Waals surface area contributed by atoms with Crippen LogP contribution in [0.15, 0.2) is 24.4 Å². The minimum absolute atomic E-state index is 0.129. The molecule has 1 amide bonds. The number of aromatic nitrogens is 1. The van der Waals surface area contributed by atoms with E-state index in [1.165, 1.54) is 0 Å². The van der Waals surface area contributed by atoms with Gasteiger partial charge in [0.25, 0.3) is 5.91 Å². The van der Waals surface area contributed by atoms with Gasteiger partial charge in [-0.2, -0.15) is 5.06 Å². The Hall–Kier alpha value is -1.46. The van der Waals surface area contributed by atoms with Crippen LogP contribution in [0, 0.1) is 0 Å². The topological polar surface area (TPSA) is 65.5 Å². The number of carbonyl (C=O) groups is 1. The van der Waals surface area contributed by atoms with Crippen molar-refractivity contribution in [3.05, 3.63) is 30.1 Å². The van der Waals surface area contributed by atoms with Crippen LogP contribution in [0.3, 0.4) is 0 Å². The van der Waals surface area contributed by atoms with Crippen molar-refractivity contribution in [2.75, 3.05) is 6.54 Å². The van der Waals surface area contributed by atoms with Crippen LogP contribution in [0.1, 0.15) is 12.6 Å². The lowest BCUT2D eigenvalue weighted by molar-refractivity contribution is -0.182. The predicted molar refractivity (Wildman–Crippen MR) is 48.2 cm³/mol. The molecule has 1 aromatic heterocycles. The van der Waals surface area contributed by atoms with Gasteiger partial charge in [-0.15, -0.1) is 0 Å². The summed E-state index contributed by atoms with van der Waals surface area (Å²) in [7, 11) is 0. The van der Waals surface area contributed by atoms with Gasteiger partial charge in [0.05, 0.1) is 12.2 Å². The lowest BCUT2D eigenvalue weighted by atomic mass is 10.1. The van der Waals surface area contributed by atoms with Gasteiger partial charge in [-0.05, 0) is 19.1 Å². The van der Waals surface area contributed by atoms with Gasteiger partial charge < -0.3 is 0 Å². The Kier molecular flexibility index (Phi) is 1.98. The minimum Gasteiger partial charge on any atom is -0.284 e. The molecule has 2 heterocycles. The first-order valence-electron chi connectivity index (χ1n) is 4.33. The van der Waals surface area contributed by atoms with Gasteiger partial charge >= 0.3 is 0 Å². The molecule has 1 unspecified atom stereocenters. The lowest BCUT2D eigenvalue weighted by Gasteiger charge is -2.28. The maximum Gasteiger partial charge on any atom is 0.262 e. The molecule has 5 heteroatoms. The van der Waals surface area contributed by atoms with Crippen LogP contribution in [0.25, 0.3) is 0 Å². The van der Waals surface area contributed by atoms with Crippen LogP contribution in [0.5, 0.6) is 0 Å². The van der Waals surface area contributed by atoms with Gasteiger partial charge in [-0.25, -0.2) is 0 Å². The number of amides is 1. The van der Waals surface area contributed by atoms with Crippen molar-refractivity contribution in [1.29, 1.82) is 0 Å². The average molecular weight is 193 g/mol. The van der Waals surface area contributed by atoms with Crippen LogP contribution < -0.4 is 5.32 Å². The second-order valence-corrected chi connectivity index (χ2v) is 3.35. The van der Waals surface area contributed by atoms with Crippen LogP contribution in [0.4, 0.5) is 0 Å². The summed E-state index contributed by atoms with van der Waals surface area (Å²) in [5.74, 6) is -0.349. The van der Waals surface area contributed by atoms with E-state index in [1.54, 1.807) is 25.3 Å². The molecule has 14 heavy (non-hydrogen) atoms. The van der Waals surface area contributed by atoms with Gasteiger partial charge in [0.15, 0.2) is 5.66 Å². The van der Waals surface area contributed by atoms with E-state index in [0.29, 0.717) is 10.8 Å². The summed E-state index contributed by atoms with van der Waals surface area (Å²) in [6, 6.07) is 5.35. The average Bonchev–Trinajstić information content (AvgIpc) is 2.49. The van der Waals surface area contributed by atoms with Crippen molar-refractivity contribution in [1.82, 2.24) is 15.4 Å². The Morgan fingerprint density at radius 1 is 1.64 bits per heavy atom. The Balaban J connectivity index is 2.39. The number of nitrogens with one attached hydrogen (secondary N) is 1. The third kappa shape index (κ3) is 1.18. The van der Waals surface area contributed by atoms with Crippen molar-refractivity contribution in [3.63, 3.8) is 0 Å². The summed E-state index contributed by atoms with van der Waals surface area (Å²) >= 11 is 0. The van der Waals surface area contributed by atoms with E-state index >= 15 is 0 Å².